The van der Waals surface area contributed by atoms with Crippen molar-refractivity contribution in [1.29, 1.82) is 0 Å². The minimum absolute atomic E-state index is 0.288. The fourth-order valence-corrected chi connectivity index (χ4v) is 2.24. The molecule has 0 saturated carbocycles. The van der Waals surface area contributed by atoms with E-state index < -0.39 is 17.4 Å². The first kappa shape index (κ1) is 14.7. The molecule has 4 nitrogen and oxygen atoms in total. The molecule has 0 amide bonds. The SMILES string of the molecule is CCOC(=O)C1(C(=O)OCC)CC/C=C\CCC1. The van der Waals surface area contributed by atoms with Crippen molar-refractivity contribution < 1.29 is 19.1 Å². The number of carbonyl (C=O) groups is 2. The number of allylic oxidation sites excluding steroid dienone is 2. The third-order valence-electron chi connectivity index (χ3n) is 3.21. The fraction of sp³-hybridized carbons (Fsp3) is 0.714. The largest absolute Gasteiger partial charge is 0.465 e. The molecule has 0 aliphatic heterocycles. The molecule has 0 unspecified atom stereocenters. The third-order valence-corrected chi connectivity index (χ3v) is 3.21. The first-order chi connectivity index (χ1) is 8.67. The Morgan fingerprint density at radius 1 is 1.00 bits per heavy atom. The highest BCUT2D eigenvalue weighted by Crippen LogP contribution is 2.35. The quantitative estimate of drug-likeness (QED) is 0.439. The molecule has 4 heteroatoms. The topological polar surface area (TPSA) is 52.6 Å². The third kappa shape index (κ3) is 3.34. The van der Waals surface area contributed by atoms with Crippen molar-refractivity contribution >= 4 is 11.9 Å². The van der Waals surface area contributed by atoms with Gasteiger partial charge in [0, 0.05) is 0 Å². The Bertz CT molecular complexity index is 302. The molecule has 0 aromatic rings. The van der Waals surface area contributed by atoms with Crippen LogP contribution in [0.2, 0.25) is 0 Å². The lowest BCUT2D eigenvalue weighted by Crippen LogP contribution is -2.42. The molecule has 1 rings (SSSR count). The summed E-state index contributed by atoms with van der Waals surface area (Å²) in [5.41, 5.74) is -1.10. The molecule has 0 radical (unpaired) electrons. The summed E-state index contributed by atoms with van der Waals surface area (Å²) < 4.78 is 10.2. The lowest BCUT2D eigenvalue weighted by atomic mass is 9.77. The number of esters is 2. The minimum Gasteiger partial charge on any atom is -0.465 e. The van der Waals surface area contributed by atoms with Crippen molar-refractivity contribution in [3.8, 4) is 0 Å². The fourth-order valence-electron chi connectivity index (χ4n) is 2.24. The van der Waals surface area contributed by atoms with E-state index >= 15 is 0 Å². The predicted molar refractivity (Wildman–Crippen MR) is 67.9 cm³/mol. The van der Waals surface area contributed by atoms with Gasteiger partial charge in [0.15, 0.2) is 5.41 Å². The van der Waals surface area contributed by atoms with Gasteiger partial charge in [-0.15, -0.1) is 0 Å². The van der Waals surface area contributed by atoms with Gasteiger partial charge in [0.1, 0.15) is 0 Å². The van der Waals surface area contributed by atoms with Gasteiger partial charge >= 0.3 is 11.9 Å². The molecule has 0 N–H and O–H groups in total. The molecule has 102 valence electrons. The predicted octanol–water partition coefficient (Wildman–Crippen LogP) is 2.62. The van der Waals surface area contributed by atoms with E-state index in [1.165, 1.54) is 0 Å². The summed E-state index contributed by atoms with van der Waals surface area (Å²) >= 11 is 0. The van der Waals surface area contributed by atoms with Crippen LogP contribution < -0.4 is 0 Å². The maximum Gasteiger partial charge on any atom is 0.323 e. The number of hydrogen-bond donors (Lipinski definition) is 0. The van der Waals surface area contributed by atoms with Gasteiger partial charge in [-0.2, -0.15) is 0 Å². The van der Waals surface area contributed by atoms with Gasteiger partial charge in [-0.05, 0) is 46.0 Å². The summed E-state index contributed by atoms with van der Waals surface area (Å²) in [6.45, 7) is 4.07. The molecule has 0 atom stereocenters. The van der Waals surface area contributed by atoms with E-state index in [0.29, 0.717) is 19.3 Å². The molecule has 0 aromatic carbocycles. The van der Waals surface area contributed by atoms with Crippen LogP contribution in [0.4, 0.5) is 0 Å². The van der Waals surface area contributed by atoms with Crippen LogP contribution in [0.15, 0.2) is 12.2 Å². The Balaban J connectivity index is 2.94. The molecule has 0 bridgehead atoms. The van der Waals surface area contributed by atoms with Crippen molar-refractivity contribution in [1.82, 2.24) is 0 Å². The van der Waals surface area contributed by atoms with Gasteiger partial charge < -0.3 is 9.47 Å². The van der Waals surface area contributed by atoms with Crippen LogP contribution in [0.5, 0.6) is 0 Å². The molecule has 0 aromatic heterocycles. The van der Waals surface area contributed by atoms with Crippen LogP contribution in [0.1, 0.15) is 46.0 Å². The van der Waals surface area contributed by atoms with Gasteiger partial charge in [0.25, 0.3) is 0 Å². The van der Waals surface area contributed by atoms with E-state index in [4.69, 9.17) is 9.47 Å². The van der Waals surface area contributed by atoms with E-state index in [1.54, 1.807) is 13.8 Å². The molecular weight excluding hydrogens is 232 g/mol. The lowest BCUT2D eigenvalue weighted by Gasteiger charge is -2.29. The Labute approximate surface area is 108 Å². The zero-order chi connectivity index (χ0) is 13.4. The van der Waals surface area contributed by atoms with Gasteiger partial charge in [0.2, 0.25) is 0 Å². The number of rotatable bonds is 4. The summed E-state index contributed by atoms with van der Waals surface area (Å²) in [6, 6.07) is 0. The van der Waals surface area contributed by atoms with Crippen LogP contribution in [0.25, 0.3) is 0 Å². The Kier molecular flexibility index (Phi) is 5.89. The van der Waals surface area contributed by atoms with Gasteiger partial charge in [0.05, 0.1) is 13.2 Å². The summed E-state index contributed by atoms with van der Waals surface area (Å²) in [5.74, 6) is -0.863. The molecule has 1 aliphatic carbocycles. The van der Waals surface area contributed by atoms with Crippen LogP contribution in [-0.4, -0.2) is 25.2 Å². The highest BCUT2D eigenvalue weighted by atomic mass is 16.6. The van der Waals surface area contributed by atoms with Crippen LogP contribution in [0, 0.1) is 5.41 Å². The highest BCUT2D eigenvalue weighted by Gasteiger charge is 2.47. The molecule has 0 heterocycles. The summed E-state index contributed by atoms with van der Waals surface area (Å²) in [5, 5.41) is 0. The zero-order valence-corrected chi connectivity index (χ0v) is 11.2. The monoisotopic (exact) mass is 254 g/mol. The Hall–Kier alpha value is -1.32. The molecule has 18 heavy (non-hydrogen) atoms. The van der Waals surface area contributed by atoms with Crippen molar-refractivity contribution in [3.05, 3.63) is 12.2 Å². The molecular formula is C14H22O4. The van der Waals surface area contributed by atoms with Crippen LogP contribution in [0.3, 0.4) is 0 Å². The van der Waals surface area contributed by atoms with Crippen LogP contribution >= 0.6 is 0 Å². The maximum atomic E-state index is 12.2. The molecule has 0 fully saturated rings. The summed E-state index contributed by atoms with van der Waals surface area (Å²) in [4.78, 5) is 24.3. The maximum absolute atomic E-state index is 12.2. The van der Waals surface area contributed by atoms with Crippen LogP contribution in [-0.2, 0) is 19.1 Å². The first-order valence-electron chi connectivity index (χ1n) is 6.66. The minimum atomic E-state index is -1.10. The number of hydrogen-bond acceptors (Lipinski definition) is 4. The van der Waals surface area contributed by atoms with Crippen molar-refractivity contribution in [3.63, 3.8) is 0 Å². The first-order valence-corrected chi connectivity index (χ1v) is 6.66. The Morgan fingerprint density at radius 3 is 2.11 bits per heavy atom. The Morgan fingerprint density at radius 2 is 1.56 bits per heavy atom. The van der Waals surface area contributed by atoms with Crippen molar-refractivity contribution in [2.24, 2.45) is 5.41 Å². The summed E-state index contributed by atoms with van der Waals surface area (Å²) in [6.07, 6.45) is 7.50. The lowest BCUT2D eigenvalue weighted by molar-refractivity contribution is -0.173. The smallest absolute Gasteiger partial charge is 0.323 e. The zero-order valence-electron chi connectivity index (χ0n) is 11.2. The average molecular weight is 254 g/mol. The number of carbonyl (C=O) groups excluding carboxylic acids is 2. The van der Waals surface area contributed by atoms with Crippen molar-refractivity contribution in [2.45, 2.75) is 46.0 Å². The molecule has 0 saturated heterocycles. The summed E-state index contributed by atoms with van der Waals surface area (Å²) in [7, 11) is 0. The molecule has 0 spiro atoms. The van der Waals surface area contributed by atoms with Gasteiger partial charge in [-0.25, -0.2) is 0 Å². The normalized spacial score (nSPS) is 20.3. The average Bonchev–Trinajstić information content (AvgIpc) is 2.29. The molecule has 1 aliphatic rings. The second-order valence-corrected chi connectivity index (χ2v) is 4.43. The van der Waals surface area contributed by atoms with Gasteiger partial charge in [-0.3, -0.25) is 9.59 Å². The van der Waals surface area contributed by atoms with E-state index in [-0.39, 0.29) is 13.2 Å². The van der Waals surface area contributed by atoms with Gasteiger partial charge in [-0.1, -0.05) is 12.2 Å². The number of ether oxygens (including phenoxy) is 2. The second-order valence-electron chi connectivity index (χ2n) is 4.43. The van der Waals surface area contributed by atoms with E-state index in [0.717, 1.165) is 12.8 Å². The van der Waals surface area contributed by atoms with E-state index in [2.05, 4.69) is 6.08 Å². The highest BCUT2D eigenvalue weighted by molar-refractivity contribution is 6.00. The van der Waals surface area contributed by atoms with E-state index in [9.17, 15) is 9.59 Å². The van der Waals surface area contributed by atoms with Crippen molar-refractivity contribution in [2.75, 3.05) is 13.2 Å². The second kappa shape index (κ2) is 7.19. The standard InChI is InChI=1S/C14H22O4/c1-3-17-12(15)14(13(16)18-4-2)10-8-6-5-7-9-11-14/h5-6H,3-4,7-11H2,1-2H3/b6-5-. The van der Waals surface area contributed by atoms with E-state index in [1.807, 2.05) is 6.08 Å².